The molecule has 0 spiro atoms. The quantitative estimate of drug-likeness (QED) is 0.695. The van der Waals surface area contributed by atoms with Crippen LogP contribution in [0.4, 0.5) is 0 Å². The Kier molecular flexibility index (Phi) is 3.22. The van der Waals surface area contributed by atoms with Crippen LogP contribution in [-0.4, -0.2) is 9.13 Å². The first kappa shape index (κ1) is 14.4. The maximum Gasteiger partial charge on any atom is 0.328 e. The van der Waals surface area contributed by atoms with Gasteiger partial charge in [-0.3, -0.25) is 9.13 Å². The second-order valence-corrected chi connectivity index (χ2v) is 8.30. The highest BCUT2D eigenvalue weighted by molar-refractivity contribution is 9.11. The first-order valence-corrected chi connectivity index (χ1v) is 8.44. The third kappa shape index (κ3) is 2.01. The number of rotatable bonds is 2. The van der Waals surface area contributed by atoms with Crippen molar-refractivity contribution in [3.63, 3.8) is 0 Å². The van der Waals surface area contributed by atoms with Gasteiger partial charge in [0.25, 0.3) is 0 Å². The van der Waals surface area contributed by atoms with E-state index in [0.717, 1.165) is 15.5 Å². The molecule has 2 unspecified atom stereocenters. The average molecular weight is 402 g/mol. The Morgan fingerprint density at radius 1 is 1.25 bits per heavy atom. The maximum absolute atomic E-state index is 12.0. The predicted molar refractivity (Wildman–Crippen MR) is 89.4 cm³/mol. The topological polar surface area (TPSA) is 26.9 Å². The van der Waals surface area contributed by atoms with Crippen LogP contribution in [0.1, 0.15) is 30.7 Å². The van der Waals surface area contributed by atoms with Crippen LogP contribution in [-0.2, 0) is 14.1 Å². The van der Waals surface area contributed by atoms with Crippen molar-refractivity contribution in [3.05, 3.63) is 32.7 Å². The van der Waals surface area contributed by atoms with Gasteiger partial charge in [0.05, 0.1) is 11.0 Å². The maximum atomic E-state index is 12.0. The Hall–Kier alpha value is -0.550. The van der Waals surface area contributed by atoms with Crippen molar-refractivity contribution in [2.75, 3.05) is 0 Å². The zero-order valence-corrected chi connectivity index (χ0v) is 15.2. The van der Waals surface area contributed by atoms with Crippen LogP contribution < -0.4 is 5.69 Å². The smallest absolute Gasteiger partial charge is 0.295 e. The van der Waals surface area contributed by atoms with E-state index in [4.69, 9.17) is 0 Å². The van der Waals surface area contributed by atoms with E-state index in [-0.39, 0.29) is 5.69 Å². The van der Waals surface area contributed by atoms with E-state index in [1.54, 1.807) is 9.13 Å². The highest BCUT2D eigenvalue weighted by atomic mass is 79.9. The standard InChI is InChI=1S/C15H18Br2N2O/c1-15(2)7-9(15)13(17)8-5-11-12(6-10(8)16)19(4)14(20)18(11)3/h5-6,9,13H,7H2,1-4H3. The van der Waals surface area contributed by atoms with Crippen LogP contribution >= 0.6 is 31.9 Å². The summed E-state index contributed by atoms with van der Waals surface area (Å²) in [6.45, 7) is 4.60. The van der Waals surface area contributed by atoms with Crippen molar-refractivity contribution in [3.8, 4) is 0 Å². The number of alkyl halides is 1. The lowest BCUT2D eigenvalue weighted by molar-refractivity contribution is 0.555. The van der Waals surface area contributed by atoms with E-state index < -0.39 is 0 Å². The summed E-state index contributed by atoms with van der Waals surface area (Å²) >= 11 is 7.52. The molecular weight excluding hydrogens is 384 g/mol. The van der Waals surface area contributed by atoms with E-state index in [9.17, 15) is 4.79 Å². The Morgan fingerprint density at radius 2 is 1.75 bits per heavy atom. The molecule has 1 aliphatic carbocycles. The largest absolute Gasteiger partial charge is 0.328 e. The molecule has 1 heterocycles. The minimum Gasteiger partial charge on any atom is -0.295 e. The summed E-state index contributed by atoms with van der Waals surface area (Å²) in [6, 6.07) is 4.18. The second kappa shape index (κ2) is 4.47. The summed E-state index contributed by atoms with van der Waals surface area (Å²) in [5, 5.41) is 0. The first-order valence-electron chi connectivity index (χ1n) is 6.73. The normalized spacial score (nSPS) is 22.2. The molecule has 3 rings (SSSR count). The van der Waals surface area contributed by atoms with Crippen molar-refractivity contribution in [2.45, 2.75) is 25.1 Å². The van der Waals surface area contributed by atoms with E-state index >= 15 is 0 Å². The van der Waals surface area contributed by atoms with Gasteiger partial charge in [0.1, 0.15) is 0 Å². The SMILES string of the molecule is Cn1c(=O)n(C)c2cc(C(Br)C3CC3(C)C)c(Br)cc21. The van der Waals surface area contributed by atoms with Gasteiger partial charge in [-0.1, -0.05) is 45.7 Å². The lowest BCUT2D eigenvalue weighted by Gasteiger charge is -2.14. The van der Waals surface area contributed by atoms with Crippen LogP contribution in [0.5, 0.6) is 0 Å². The number of halogens is 2. The number of benzene rings is 1. The molecule has 2 atom stereocenters. The van der Waals surface area contributed by atoms with Crippen LogP contribution in [0.25, 0.3) is 11.0 Å². The van der Waals surface area contributed by atoms with E-state index in [1.165, 1.54) is 12.0 Å². The molecule has 0 amide bonds. The molecule has 108 valence electrons. The van der Waals surface area contributed by atoms with Crippen molar-refractivity contribution in [1.82, 2.24) is 9.13 Å². The van der Waals surface area contributed by atoms with Gasteiger partial charge in [0.15, 0.2) is 0 Å². The van der Waals surface area contributed by atoms with Crippen molar-refractivity contribution < 1.29 is 0 Å². The highest BCUT2D eigenvalue weighted by Gasteiger charge is 2.50. The van der Waals surface area contributed by atoms with Gasteiger partial charge in [0.2, 0.25) is 0 Å². The summed E-state index contributed by atoms with van der Waals surface area (Å²) < 4.78 is 4.47. The lowest BCUT2D eigenvalue weighted by atomic mass is 10.0. The molecule has 1 aromatic carbocycles. The van der Waals surface area contributed by atoms with E-state index in [0.29, 0.717) is 16.2 Å². The summed E-state index contributed by atoms with van der Waals surface area (Å²) in [4.78, 5) is 12.4. The van der Waals surface area contributed by atoms with Gasteiger partial charge in [-0.2, -0.15) is 0 Å². The monoisotopic (exact) mass is 400 g/mol. The minimum atomic E-state index is 0.0157. The van der Waals surface area contributed by atoms with Crippen molar-refractivity contribution in [2.24, 2.45) is 25.4 Å². The molecule has 5 heteroatoms. The number of nitrogens with zero attached hydrogens (tertiary/aromatic N) is 2. The summed E-state index contributed by atoms with van der Waals surface area (Å²) in [7, 11) is 3.64. The van der Waals surface area contributed by atoms with E-state index in [1.807, 2.05) is 14.1 Å². The molecule has 1 aromatic heterocycles. The number of imidazole rings is 1. The molecule has 1 aliphatic rings. The van der Waals surface area contributed by atoms with Crippen molar-refractivity contribution >= 4 is 42.9 Å². The molecule has 1 saturated carbocycles. The first-order chi connectivity index (χ1) is 9.24. The summed E-state index contributed by atoms with van der Waals surface area (Å²) in [5.74, 6) is 0.650. The average Bonchev–Trinajstić information content (AvgIpc) is 2.98. The van der Waals surface area contributed by atoms with Crippen LogP contribution in [0.3, 0.4) is 0 Å². The van der Waals surface area contributed by atoms with Gasteiger partial charge in [-0.05, 0) is 35.4 Å². The Bertz CT molecular complexity index is 757. The van der Waals surface area contributed by atoms with Gasteiger partial charge in [-0.15, -0.1) is 0 Å². The molecule has 3 nitrogen and oxygen atoms in total. The van der Waals surface area contributed by atoms with Crippen LogP contribution in [0.15, 0.2) is 21.4 Å². The third-order valence-corrected chi connectivity index (χ3v) is 6.45. The van der Waals surface area contributed by atoms with Crippen LogP contribution in [0.2, 0.25) is 0 Å². The third-order valence-electron chi connectivity index (χ3n) is 4.63. The Balaban J connectivity index is 2.15. The lowest BCUT2D eigenvalue weighted by Crippen LogP contribution is -2.19. The zero-order valence-electron chi connectivity index (χ0n) is 12.1. The summed E-state index contributed by atoms with van der Waals surface area (Å²) in [5.41, 5.74) is 3.60. The predicted octanol–water partition coefficient (Wildman–Crippen LogP) is 4.12. The van der Waals surface area contributed by atoms with Gasteiger partial charge < -0.3 is 0 Å². The van der Waals surface area contributed by atoms with Gasteiger partial charge in [-0.25, -0.2) is 4.79 Å². The molecule has 2 aromatic rings. The summed E-state index contributed by atoms with van der Waals surface area (Å²) in [6.07, 6.45) is 1.24. The number of hydrogen-bond acceptors (Lipinski definition) is 1. The molecule has 20 heavy (non-hydrogen) atoms. The van der Waals surface area contributed by atoms with Gasteiger partial charge >= 0.3 is 5.69 Å². The fourth-order valence-electron chi connectivity index (χ4n) is 2.97. The van der Waals surface area contributed by atoms with Crippen molar-refractivity contribution in [1.29, 1.82) is 0 Å². The number of aromatic nitrogens is 2. The fraction of sp³-hybridized carbons (Fsp3) is 0.533. The molecule has 0 saturated heterocycles. The molecular formula is C15H18Br2N2O. The molecule has 1 fully saturated rings. The highest BCUT2D eigenvalue weighted by Crippen LogP contribution is 2.61. The minimum absolute atomic E-state index is 0.0157. The van der Waals surface area contributed by atoms with E-state index in [2.05, 4.69) is 57.8 Å². The van der Waals surface area contributed by atoms with Gasteiger partial charge in [0, 0.05) is 23.4 Å². The fourth-order valence-corrected chi connectivity index (χ4v) is 5.14. The Morgan fingerprint density at radius 3 is 2.25 bits per heavy atom. The molecule has 0 radical (unpaired) electrons. The second-order valence-electron chi connectivity index (χ2n) is 6.46. The van der Waals surface area contributed by atoms with Crippen LogP contribution in [0, 0.1) is 11.3 Å². The molecule has 0 bridgehead atoms. The number of fused-ring (bicyclic) bond motifs is 1. The number of hydrogen-bond donors (Lipinski definition) is 0. The Labute approximate surface area is 135 Å². The number of aryl methyl sites for hydroxylation is 2. The molecule has 0 aliphatic heterocycles. The molecule has 0 N–H and O–H groups in total. The zero-order chi connectivity index (χ0) is 14.8.